The summed E-state index contributed by atoms with van der Waals surface area (Å²) in [6.45, 7) is -2.08. The molecule has 0 fully saturated rings. The third-order valence-electron chi connectivity index (χ3n) is 4.75. The lowest BCUT2D eigenvalue weighted by Gasteiger charge is -2.26. The van der Waals surface area contributed by atoms with E-state index in [-0.39, 0.29) is 47.3 Å². The third kappa shape index (κ3) is 6.68. The number of hydrogen-bond acceptors (Lipinski definition) is 4. The molecule has 0 radical (unpaired) electrons. The van der Waals surface area contributed by atoms with E-state index in [1.807, 2.05) is 24.3 Å². The molecule has 10 heteroatoms. The predicted molar refractivity (Wildman–Crippen MR) is 126 cm³/mol. The fourth-order valence-corrected chi connectivity index (χ4v) is 3.33. The van der Waals surface area contributed by atoms with Crippen molar-refractivity contribution in [1.82, 2.24) is 10.6 Å². The number of para-hydroxylation sites is 1. The van der Waals surface area contributed by atoms with Crippen molar-refractivity contribution in [3.63, 3.8) is 0 Å². The molecule has 1 aliphatic heterocycles. The lowest BCUT2D eigenvalue weighted by Crippen LogP contribution is -2.40. The van der Waals surface area contributed by atoms with Gasteiger partial charge in [-0.05, 0) is 29.3 Å². The largest absolute Gasteiger partial charge is 0.493 e. The van der Waals surface area contributed by atoms with Gasteiger partial charge in [-0.3, -0.25) is 9.79 Å². The lowest BCUT2D eigenvalue weighted by atomic mass is 9.90. The van der Waals surface area contributed by atoms with Crippen molar-refractivity contribution in [2.75, 3.05) is 26.0 Å². The first-order chi connectivity index (χ1) is 14.5. The van der Waals surface area contributed by atoms with E-state index in [0.29, 0.717) is 25.5 Å². The highest BCUT2D eigenvalue weighted by Gasteiger charge is 2.24. The Hall–Kier alpha value is -2.63. The van der Waals surface area contributed by atoms with Gasteiger partial charge in [0.2, 0.25) is 5.91 Å². The molecule has 31 heavy (non-hydrogen) atoms. The first kappa shape index (κ1) is 24.6. The van der Waals surface area contributed by atoms with Crippen molar-refractivity contribution in [2.45, 2.75) is 25.5 Å². The normalized spacial score (nSPS) is 15.5. The number of fused-ring (bicyclic) bond motifs is 1. The number of alkyl halides is 2. The van der Waals surface area contributed by atoms with Gasteiger partial charge in [0.05, 0.1) is 7.11 Å². The fourth-order valence-electron chi connectivity index (χ4n) is 3.33. The number of hydrogen-bond donors (Lipinski definition) is 3. The molecule has 1 unspecified atom stereocenters. The topological polar surface area (TPSA) is 84.0 Å². The van der Waals surface area contributed by atoms with Gasteiger partial charge in [0.1, 0.15) is 0 Å². The number of nitrogens with zero attached hydrogens (tertiary/aromatic N) is 1. The monoisotopic (exact) mass is 546 g/mol. The van der Waals surface area contributed by atoms with Crippen LogP contribution in [0.4, 0.5) is 14.5 Å². The highest BCUT2D eigenvalue weighted by Crippen LogP contribution is 2.31. The molecule has 1 atom stereocenters. The Balaban J connectivity index is 0.00000341. The minimum atomic E-state index is -2.94. The minimum absolute atomic E-state index is 0. The van der Waals surface area contributed by atoms with Crippen LogP contribution in [-0.4, -0.2) is 39.2 Å². The molecule has 1 amide bonds. The van der Waals surface area contributed by atoms with Crippen LogP contribution in [0.15, 0.2) is 47.5 Å². The number of ether oxygens (including phenoxy) is 2. The van der Waals surface area contributed by atoms with Crippen molar-refractivity contribution in [2.24, 2.45) is 4.99 Å². The Kier molecular flexibility index (Phi) is 9.28. The van der Waals surface area contributed by atoms with Gasteiger partial charge in [-0.2, -0.15) is 8.78 Å². The zero-order valence-corrected chi connectivity index (χ0v) is 19.5. The smallest absolute Gasteiger partial charge is 0.387 e. The molecule has 7 nitrogen and oxygen atoms in total. The van der Waals surface area contributed by atoms with Gasteiger partial charge in [0, 0.05) is 38.2 Å². The molecular weight excluding hydrogens is 521 g/mol. The molecule has 1 heterocycles. The Morgan fingerprint density at radius 3 is 2.71 bits per heavy atom. The number of nitrogens with one attached hydrogen (secondary N) is 3. The number of methoxy groups -OCH3 is 1. The van der Waals surface area contributed by atoms with Crippen LogP contribution in [0.2, 0.25) is 0 Å². The highest BCUT2D eigenvalue weighted by atomic mass is 127. The van der Waals surface area contributed by atoms with Crippen molar-refractivity contribution in [3.05, 3.63) is 53.6 Å². The van der Waals surface area contributed by atoms with Gasteiger partial charge in [-0.15, -0.1) is 24.0 Å². The van der Waals surface area contributed by atoms with Crippen LogP contribution >= 0.6 is 24.0 Å². The van der Waals surface area contributed by atoms with Crippen LogP contribution in [0.5, 0.6) is 11.5 Å². The number of rotatable bonds is 7. The Morgan fingerprint density at radius 2 is 2.00 bits per heavy atom. The molecule has 3 rings (SSSR count). The lowest BCUT2D eigenvalue weighted by molar-refractivity contribution is -0.116. The van der Waals surface area contributed by atoms with E-state index in [1.165, 1.54) is 13.2 Å². The summed E-state index contributed by atoms with van der Waals surface area (Å²) in [6.07, 6.45) is 0.383. The first-order valence-electron chi connectivity index (χ1n) is 9.45. The summed E-state index contributed by atoms with van der Waals surface area (Å²) >= 11 is 0. The third-order valence-corrected chi connectivity index (χ3v) is 4.75. The molecule has 3 N–H and O–H groups in total. The number of halogens is 3. The molecule has 0 saturated carbocycles. The summed E-state index contributed by atoms with van der Waals surface area (Å²) in [4.78, 5) is 16.1. The average molecular weight is 546 g/mol. The van der Waals surface area contributed by atoms with E-state index in [0.717, 1.165) is 16.8 Å². The Labute approximate surface area is 196 Å². The summed E-state index contributed by atoms with van der Waals surface area (Å²) in [5, 5.41) is 9.23. The number of benzene rings is 2. The molecular formula is C21H25F2IN4O3. The van der Waals surface area contributed by atoms with Crippen LogP contribution in [-0.2, 0) is 11.3 Å². The van der Waals surface area contributed by atoms with Crippen LogP contribution in [0.3, 0.4) is 0 Å². The Morgan fingerprint density at radius 1 is 1.23 bits per heavy atom. The number of amides is 1. The summed E-state index contributed by atoms with van der Waals surface area (Å²) in [5.41, 5.74) is 2.62. The number of anilines is 1. The minimum Gasteiger partial charge on any atom is -0.493 e. The maximum Gasteiger partial charge on any atom is 0.387 e. The molecule has 168 valence electrons. The number of carbonyl (C=O) groups excluding carboxylic acids is 1. The van der Waals surface area contributed by atoms with E-state index in [1.54, 1.807) is 19.2 Å². The molecule has 0 aromatic heterocycles. The van der Waals surface area contributed by atoms with Crippen LogP contribution in [0.25, 0.3) is 0 Å². The van der Waals surface area contributed by atoms with E-state index in [9.17, 15) is 13.6 Å². The maximum absolute atomic E-state index is 12.6. The molecule has 2 aromatic carbocycles. The van der Waals surface area contributed by atoms with Crippen LogP contribution < -0.4 is 25.4 Å². The van der Waals surface area contributed by atoms with E-state index in [4.69, 9.17) is 4.74 Å². The van der Waals surface area contributed by atoms with Gasteiger partial charge in [0.15, 0.2) is 17.5 Å². The van der Waals surface area contributed by atoms with Crippen molar-refractivity contribution in [3.8, 4) is 11.5 Å². The summed E-state index contributed by atoms with van der Waals surface area (Å²) < 4.78 is 34.7. The van der Waals surface area contributed by atoms with E-state index >= 15 is 0 Å². The SMILES string of the molecule is CN=C(NCc1ccc(OC)c(OC(F)F)c1)NCC1CC(=O)Nc2ccccc21.I. The van der Waals surface area contributed by atoms with Gasteiger partial charge in [0.25, 0.3) is 0 Å². The predicted octanol–water partition coefficient (Wildman–Crippen LogP) is 3.71. The standard InChI is InChI=1S/C21H24F2N4O3.HI/c1-24-21(25-11-13-7-8-17(29-2)18(9-13)30-20(22)23)26-12-14-10-19(28)27-16-6-4-3-5-15(14)16;/h3-9,14,20H,10-12H2,1-2H3,(H,27,28)(H2,24,25,26);1H. The zero-order valence-electron chi connectivity index (χ0n) is 17.2. The molecule has 1 aliphatic rings. The second-order valence-electron chi connectivity index (χ2n) is 6.71. The van der Waals surface area contributed by atoms with Crippen molar-refractivity contribution in [1.29, 1.82) is 0 Å². The zero-order chi connectivity index (χ0) is 21.5. The molecule has 0 aliphatic carbocycles. The number of guanidine groups is 1. The molecule has 0 saturated heterocycles. The second-order valence-corrected chi connectivity index (χ2v) is 6.71. The number of aliphatic imine (C=N–C) groups is 1. The number of carbonyl (C=O) groups is 1. The van der Waals surface area contributed by atoms with Gasteiger partial charge in [-0.1, -0.05) is 24.3 Å². The quantitative estimate of drug-likeness (QED) is 0.280. The fraction of sp³-hybridized carbons (Fsp3) is 0.333. The summed E-state index contributed by atoms with van der Waals surface area (Å²) in [5.74, 6) is 0.731. The van der Waals surface area contributed by atoms with Crippen molar-refractivity contribution < 1.29 is 23.0 Å². The van der Waals surface area contributed by atoms with Crippen LogP contribution in [0, 0.1) is 0 Å². The second kappa shape index (κ2) is 11.7. The van der Waals surface area contributed by atoms with E-state index < -0.39 is 6.61 Å². The highest BCUT2D eigenvalue weighted by molar-refractivity contribution is 14.0. The first-order valence-corrected chi connectivity index (χ1v) is 9.45. The molecule has 0 spiro atoms. The van der Waals surface area contributed by atoms with Crippen molar-refractivity contribution >= 4 is 41.5 Å². The maximum atomic E-state index is 12.6. The van der Waals surface area contributed by atoms with E-state index in [2.05, 4.69) is 25.7 Å². The Bertz CT molecular complexity index is 927. The summed E-state index contributed by atoms with van der Waals surface area (Å²) in [6, 6.07) is 12.5. The van der Waals surface area contributed by atoms with Gasteiger partial charge < -0.3 is 25.4 Å². The summed E-state index contributed by atoms with van der Waals surface area (Å²) in [7, 11) is 3.03. The van der Waals surface area contributed by atoms with Crippen LogP contribution in [0.1, 0.15) is 23.5 Å². The van der Waals surface area contributed by atoms with Gasteiger partial charge >= 0.3 is 6.61 Å². The average Bonchev–Trinajstić information content (AvgIpc) is 2.73. The molecule has 0 bridgehead atoms. The van der Waals surface area contributed by atoms with Gasteiger partial charge in [-0.25, -0.2) is 0 Å². The molecule has 2 aromatic rings.